The molecule has 4 nitrogen and oxygen atoms in total. The fourth-order valence-corrected chi connectivity index (χ4v) is 5.27. The van der Waals surface area contributed by atoms with Crippen LogP contribution in [0.4, 0.5) is 0 Å². The zero-order valence-electron chi connectivity index (χ0n) is 12.9. The Morgan fingerprint density at radius 1 is 1.19 bits per heavy atom. The van der Waals surface area contributed by atoms with E-state index in [2.05, 4.69) is 11.9 Å². The number of nitrogens with one attached hydrogen (secondary N) is 1. The minimum atomic E-state index is -0.608. The molecule has 4 rings (SSSR count). The molecule has 0 aromatic heterocycles. The van der Waals surface area contributed by atoms with E-state index in [0.29, 0.717) is 6.42 Å². The molecule has 4 fully saturated rings. The van der Waals surface area contributed by atoms with Crippen LogP contribution in [0, 0.1) is 23.2 Å². The Kier molecular flexibility index (Phi) is 3.58. The van der Waals surface area contributed by atoms with Gasteiger partial charge in [0.05, 0.1) is 0 Å². The van der Waals surface area contributed by atoms with Crippen LogP contribution in [0.3, 0.4) is 0 Å². The number of carbonyl (C=O) groups is 2. The summed E-state index contributed by atoms with van der Waals surface area (Å²) < 4.78 is 0. The van der Waals surface area contributed by atoms with E-state index in [1.807, 2.05) is 6.92 Å². The highest BCUT2D eigenvalue weighted by atomic mass is 16.2. The Hall–Kier alpha value is -1.32. The Morgan fingerprint density at radius 3 is 2.05 bits per heavy atom. The third-order valence-electron chi connectivity index (χ3n) is 5.72. The van der Waals surface area contributed by atoms with Crippen LogP contribution in [0.2, 0.25) is 0 Å². The van der Waals surface area contributed by atoms with E-state index in [9.17, 15) is 9.59 Å². The van der Waals surface area contributed by atoms with E-state index in [1.54, 1.807) is 0 Å². The molecule has 4 saturated carbocycles. The summed E-state index contributed by atoms with van der Waals surface area (Å²) in [5.41, 5.74) is 6.07. The fourth-order valence-electron chi connectivity index (χ4n) is 5.27. The lowest BCUT2D eigenvalue weighted by molar-refractivity contribution is -0.148. The van der Waals surface area contributed by atoms with E-state index in [4.69, 9.17) is 5.73 Å². The Labute approximate surface area is 126 Å². The first-order chi connectivity index (χ1) is 9.88. The third-order valence-corrected chi connectivity index (χ3v) is 5.72. The number of amides is 2. The highest BCUT2D eigenvalue weighted by Crippen LogP contribution is 2.60. The molecule has 0 spiro atoms. The molecule has 1 atom stereocenters. The van der Waals surface area contributed by atoms with Crippen LogP contribution in [0.15, 0.2) is 12.2 Å². The summed E-state index contributed by atoms with van der Waals surface area (Å²) in [6.45, 7) is 5.67. The normalized spacial score (nSPS) is 38.0. The van der Waals surface area contributed by atoms with Crippen LogP contribution in [-0.4, -0.2) is 17.9 Å². The van der Waals surface area contributed by atoms with E-state index < -0.39 is 11.9 Å². The van der Waals surface area contributed by atoms with Crippen molar-refractivity contribution in [1.29, 1.82) is 0 Å². The van der Waals surface area contributed by atoms with Crippen LogP contribution >= 0.6 is 0 Å². The summed E-state index contributed by atoms with van der Waals surface area (Å²) in [6.07, 6.45) is 7.36. The maximum atomic E-state index is 12.8. The molecule has 116 valence electrons. The van der Waals surface area contributed by atoms with Gasteiger partial charge in [-0.1, -0.05) is 5.57 Å². The molecule has 0 radical (unpaired) electrons. The van der Waals surface area contributed by atoms with Crippen molar-refractivity contribution in [3.05, 3.63) is 12.2 Å². The number of hydrogen-bond donors (Lipinski definition) is 2. The van der Waals surface area contributed by atoms with Crippen molar-refractivity contribution < 1.29 is 9.59 Å². The van der Waals surface area contributed by atoms with Gasteiger partial charge < -0.3 is 11.1 Å². The molecule has 4 aliphatic rings. The maximum absolute atomic E-state index is 12.8. The largest absolute Gasteiger partial charge is 0.368 e. The van der Waals surface area contributed by atoms with Gasteiger partial charge >= 0.3 is 0 Å². The van der Waals surface area contributed by atoms with Crippen LogP contribution in [0.1, 0.15) is 51.9 Å². The predicted octanol–water partition coefficient (Wildman–Crippen LogP) is 2.14. The molecule has 0 unspecified atom stereocenters. The SMILES string of the molecule is C=C(C)C[C@H](NC(=O)C12CC3CC(CC(C3)C1)C2)C(N)=O. The molecule has 0 aliphatic heterocycles. The molecular formula is C17H26N2O2. The summed E-state index contributed by atoms with van der Waals surface area (Å²) in [7, 11) is 0. The number of primary amides is 1. The second kappa shape index (κ2) is 5.15. The van der Waals surface area contributed by atoms with Gasteiger partial charge in [-0.25, -0.2) is 0 Å². The van der Waals surface area contributed by atoms with Gasteiger partial charge in [-0.15, -0.1) is 6.58 Å². The number of rotatable bonds is 5. The average molecular weight is 290 g/mol. The zero-order valence-corrected chi connectivity index (χ0v) is 12.9. The second-order valence-corrected chi connectivity index (χ2v) is 7.79. The molecule has 3 N–H and O–H groups in total. The van der Waals surface area contributed by atoms with E-state index in [1.165, 1.54) is 19.3 Å². The van der Waals surface area contributed by atoms with Crippen molar-refractivity contribution in [3.8, 4) is 0 Å². The van der Waals surface area contributed by atoms with Gasteiger partial charge in [0.25, 0.3) is 0 Å². The van der Waals surface area contributed by atoms with Gasteiger partial charge in [0.2, 0.25) is 11.8 Å². The third kappa shape index (κ3) is 2.72. The highest BCUT2D eigenvalue weighted by molar-refractivity contribution is 5.89. The van der Waals surface area contributed by atoms with Crippen LogP contribution in [0.5, 0.6) is 0 Å². The van der Waals surface area contributed by atoms with Gasteiger partial charge in [0.1, 0.15) is 6.04 Å². The van der Waals surface area contributed by atoms with Crippen LogP contribution < -0.4 is 11.1 Å². The first-order valence-corrected chi connectivity index (χ1v) is 8.12. The van der Waals surface area contributed by atoms with Crippen molar-refractivity contribution in [1.82, 2.24) is 5.32 Å². The topological polar surface area (TPSA) is 72.2 Å². The average Bonchev–Trinajstić information content (AvgIpc) is 2.35. The molecular weight excluding hydrogens is 264 g/mol. The number of carbonyl (C=O) groups excluding carboxylic acids is 2. The van der Waals surface area contributed by atoms with Gasteiger partial charge in [0, 0.05) is 5.41 Å². The molecule has 0 saturated heterocycles. The highest BCUT2D eigenvalue weighted by Gasteiger charge is 2.54. The maximum Gasteiger partial charge on any atom is 0.240 e. The Bertz CT molecular complexity index is 448. The quantitative estimate of drug-likeness (QED) is 0.761. The molecule has 0 heterocycles. The molecule has 4 aliphatic carbocycles. The lowest BCUT2D eigenvalue weighted by Gasteiger charge is -2.55. The van der Waals surface area contributed by atoms with E-state index >= 15 is 0 Å². The van der Waals surface area contributed by atoms with Gasteiger partial charge in [0.15, 0.2) is 0 Å². The number of hydrogen-bond acceptors (Lipinski definition) is 2. The smallest absolute Gasteiger partial charge is 0.240 e. The molecule has 4 bridgehead atoms. The van der Waals surface area contributed by atoms with Crippen molar-refractivity contribution in [2.75, 3.05) is 0 Å². The Morgan fingerprint density at radius 2 is 1.67 bits per heavy atom. The minimum absolute atomic E-state index is 0.0617. The summed E-state index contributed by atoms with van der Waals surface area (Å²) in [4.78, 5) is 24.4. The second-order valence-electron chi connectivity index (χ2n) is 7.79. The van der Waals surface area contributed by atoms with Gasteiger partial charge in [-0.2, -0.15) is 0 Å². The molecule has 0 aromatic carbocycles. The minimum Gasteiger partial charge on any atom is -0.368 e. The van der Waals surface area contributed by atoms with E-state index in [-0.39, 0.29) is 11.3 Å². The monoisotopic (exact) mass is 290 g/mol. The van der Waals surface area contributed by atoms with Crippen molar-refractivity contribution >= 4 is 11.8 Å². The zero-order chi connectivity index (χ0) is 15.2. The van der Waals surface area contributed by atoms with Gasteiger partial charge in [-0.3, -0.25) is 9.59 Å². The summed E-state index contributed by atoms with van der Waals surface area (Å²) >= 11 is 0. The van der Waals surface area contributed by atoms with Crippen LogP contribution in [0.25, 0.3) is 0 Å². The summed E-state index contributed by atoms with van der Waals surface area (Å²) in [6, 6.07) is -0.608. The molecule has 0 aromatic rings. The summed E-state index contributed by atoms with van der Waals surface area (Å²) in [5, 5.41) is 2.93. The molecule has 2 amide bonds. The summed E-state index contributed by atoms with van der Waals surface area (Å²) in [5.74, 6) is 1.75. The lowest BCUT2D eigenvalue weighted by Crippen LogP contribution is -2.57. The van der Waals surface area contributed by atoms with Crippen molar-refractivity contribution in [2.45, 2.75) is 57.9 Å². The number of nitrogens with two attached hydrogens (primary N) is 1. The standard InChI is InChI=1S/C17H26N2O2/c1-10(2)3-14(15(18)20)19-16(21)17-7-11-4-12(8-17)6-13(5-11)9-17/h11-14H,1,3-9H2,2H3,(H2,18,20)(H,19,21)/t11?,12?,13?,14-,17?/m0/s1. The van der Waals surface area contributed by atoms with E-state index in [0.717, 1.165) is 42.6 Å². The van der Waals surface area contributed by atoms with Gasteiger partial charge in [-0.05, 0) is 69.6 Å². The fraction of sp³-hybridized carbons (Fsp3) is 0.765. The predicted molar refractivity (Wildman–Crippen MR) is 81.2 cm³/mol. The van der Waals surface area contributed by atoms with Crippen molar-refractivity contribution in [2.24, 2.45) is 28.9 Å². The molecule has 21 heavy (non-hydrogen) atoms. The lowest BCUT2D eigenvalue weighted by atomic mass is 9.49. The van der Waals surface area contributed by atoms with Crippen molar-refractivity contribution in [3.63, 3.8) is 0 Å². The molecule has 4 heteroatoms. The first kappa shape index (κ1) is 14.6. The first-order valence-electron chi connectivity index (χ1n) is 8.12. The van der Waals surface area contributed by atoms with Crippen LogP contribution in [-0.2, 0) is 9.59 Å². The Balaban J connectivity index is 1.72.